The molecule has 0 fully saturated rings. The molecule has 1 aromatic heterocycles. The predicted molar refractivity (Wildman–Crippen MR) is 75.3 cm³/mol. The highest BCUT2D eigenvalue weighted by molar-refractivity contribution is 9.10. The summed E-state index contributed by atoms with van der Waals surface area (Å²) in [6.45, 7) is 0.0495. The first-order chi connectivity index (χ1) is 9.10. The van der Waals surface area contributed by atoms with Gasteiger partial charge in [0.1, 0.15) is 6.61 Å². The van der Waals surface area contributed by atoms with Gasteiger partial charge in [-0.2, -0.15) is 0 Å². The topological polar surface area (TPSA) is 22.1 Å². The first-order valence-electron chi connectivity index (χ1n) is 5.36. The molecule has 0 bridgehead atoms. The van der Waals surface area contributed by atoms with Crippen LogP contribution in [0, 0.1) is 11.6 Å². The van der Waals surface area contributed by atoms with E-state index in [0.29, 0.717) is 10.9 Å². The summed E-state index contributed by atoms with van der Waals surface area (Å²) in [6, 6.07) is 4.26. The van der Waals surface area contributed by atoms with Crippen LogP contribution in [0.2, 0.25) is 0 Å². The molecule has 1 aromatic carbocycles. The molecule has 0 aliphatic carbocycles. The van der Waals surface area contributed by atoms with Gasteiger partial charge in [-0.25, -0.2) is 8.78 Å². The number of aromatic nitrogens is 1. The second kappa shape index (κ2) is 6.43. The minimum absolute atomic E-state index is 0.0495. The summed E-state index contributed by atoms with van der Waals surface area (Å²) in [5.74, 6) is -1.79. The highest BCUT2D eigenvalue weighted by atomic mass is 79.9. The monoisotopic (exact) mass is 391 g/mol. The van der Waals surface area contributed by atoms with Crippen LogP contribution >= 0.6 is 31.9 Å². The second-order valence-electron chi connectivity index (χ2n) is 3.82. The number of halogens is 4. The van der Waals surface area contributed by atoms with E-state index in [0.717, 1.165) is 10.0 Å². The lowest BCUT2D eigenvalue weighted by atomic mass is 10.2. The van der Waals surface area contributed by atoms with Crippen LogP contribution in [0.25, 0.3) is 0 Å². The molecular formula is C13H9Br2F2NO. The van der Waals surface area contributed by atoms with Crippen LogP contribution in [0.15, 0.2) is 35.1 Å². The van der Waals surface area contributed by atoms with Crippen molar-refractivity contribution < 1.29 is 13.5 Å². The maximum atomic E-state index is 13.7. The molecule has 0 aliphatic heterocycles. The van der Waals surface area contributed by atoms with Crippen LogP contribution in [-0.2, 0) is 11.9 Å². The lowest BCUT2D eigenvalue weighted by molar-refractivity contribution is 0.273. The number of hydrogen-bond acceptors (Lipinski definition) is 2. The summed E-state index contributed by atoms with van der Waals surface area (Å²) in [5.41, 5.74) is 1.24. The van der Waals surface area contributed by atoms with Gasteiger partial charge in [-0.15, -0.1) is 0 Å². The fourth-order valence-corrected chi connectivity index (χ4v) is 2.25. The van der Waals surface area contributed by atoms with E-state index < -0.39 is 11.6 Å². The zero-order chi connectivity index (χ0) is 13.8. The van der Waals surface area contributed by atoms with Crippen LogP contribution in [0.4, 0.5) is 8.78 Å². The molecule has 0 amide bonds. The molecule has 0 aliphatic rings. The Hall–Kier alpha value is -1.01. The quantitative estimate of drug-likeness (QED) is 0.709. The lowest BCUT2D eigenvalue weighted by Gasteiger charge is -2.09. The minimum atomic E-state index is -0.711. The summed E-state index contributed by atoms with van der Waals surface area (Å²) in [6.07, 6.45) is 3.20. The number of alkyl halides is 1. The van der Waals surface area contributed by atoms with Crippen LogP contribution < -0.4 is 4.74 Å². The zero-order valence-electron chi connectivity index (χ0n) is 9.67. The van der Waals surface area contributed by atoms with E-state index >= 15 is 0 Å². The van der Waals surface area contributed by atoms with Crippen molar-refractivity contribution in [3.05, 3.63) is 57.8 Å². The molecule has 6 heteroatoms. The van der Waals surface area contributed by atoms with E-state index in [4.69, 9.17) is 4.74 Å². The van der Waals surface area contributed by atoms with Gasteiger partial charge < -0.3 is 4.74 Å². The van der Waals surface area contributed by atoms with Crippen molar-refractivity contribution >= 4 is 31.9 Å². The fourth-order valence-electron chi connectivity index (χ4n) is 1.52. The number of rotatable bonds is 4. The van der Waals surface area contributed by atoms with Gasteiger partial charge >= 0.3 is 0 Å². The Morgan fingerprint density at radius 2 is 1.74 bits per heavy atom. The van der Waals surface area contributed by atoms with Gasteiger partial charge in [0.05, 0.1) is 0 Å². The molecule has 0 atom stereocenters. The average Bonchev–Trinajstić information content (AvgIpc) is 2.37. The molecule has 0 saturated carbocycles. The van der Waals surface area contributed by atoms with Crippen molar-refractivity contribution in [3.8, 4) is 5.75 Å². The van der Waals surface area contributed by atoms with E-state index in [1.54, 1.807) is 18.5 Å². The van der Waals surface area contributed by atoms with Crippen molar-refractivity contribution in [2.75, 3.05) is 0 Å². The van der Waals surface area contributed by atoms with Crippen LogP contribution in [0.5, 0.6) is 5.75 Å². The summed E-state index contributed by atoms with van der Waals surface area (Å²) in [4.78, 5) is 3.95. The normalized spacial score (nSPS) is 10.5. The fraction of sp³-hybridized carbons (Fsp3) is 0.154. The Morgan fingerprint density at radius 1 is 1.05 bits per heavy atom. The van der Waals surface area contributed by atoms with Gasteiger partial charge in [0.2, 0.25) is 0 Å². The molecule has 2 aromatic rings. The number of hydrogen-bond donors (Lipinski definition) is 0. The van der Waals surface area contributed by atoms with Crippen LogP contribution in [0.3, 0.4) is 0 Å². The van der Waals surface area contributed by atoms with Crippen LogP contribution in [-0.4, -0.2) is 4.98 Å². The molecule has 1 heterocycles. The number of ether oxygens (including phenoxy) is 1. The maximum absolute atomic E-state index is 13.7. The second-order valence-corrected chi connectivity index (χ2v) is 5.30. The molecular weight excluding hydrogens is 384 g/mol. The van der Waals surface area contributed by atoms with E-state index in [9.17, 15) is 8.78 Å². The number of benzene rings is 1. The van der Waals surface area contributed by atoms with E-state index in [1.807, 2.05) is 0 Å². The third-order valence-corrected chi connectivity index (χ3v) is 3.44. The first-order valence-corrected chi connectivity index (χ1v) is 7.27. The Kier molecular flexibility index (Phi) is 4.87. The third kappa shape index (κ3) is 3.73. The SMILES string of the molecule is Fc1cc(CBr)cc(F)c1OCc1cncc(Br)c1. The summed E-state index contributed by atoms with van der Waals surface area (Å²) < 4.78 is 33.3. The largest absolute Gasteiger partial charge is 0.483 e. The lowest BCUT2D eigenvalue weighted by Crippen LogP contribution is -2.01. The summed E-state index contributed by atoms with van der Waals surface area (Å²) in [5, 5.41) is 0.386. The molecule has 2 rings (SSSR count). The van der Waals surface area contributed by atoms with Gasteiger partial charge in [0.25, 0.3) is 0 Å². The number of pyridine rings is 1. The predicted octanol–water partition coefficient (Wildman–Crippen LogP) is 4.60. The smallest absolute Gasteiger partial charge is 0.191 e. The Labute approximate surface area is 126 Å². The van der Waals surface area contributed by atoms with Gasteiger partial charge in [-0.05, 0) is 39.7 Å². The minimum Gasteiger partial charge on any atom is -0.483 e. The van der Waals surface area contributed by atoms with E-state index in [1.165, 1.54) is 12.1 Å². The molecule has 0 unspecified atom stereocenters. The van der Waals surface area contributed by atoms with Crippen molar-refractivity contribution in [1.29, 1.82) is 0 Å². The summed E-state index contributed by atoms with van der Waals surface area (Å²) in [7, 11) is 0. The molecule has 0 radical (unpaired) electrons. The summed E-state index contributed by atoms with van der Waals surface area (Å²) >= 11 is 6.41. The van der Waals surface area contributed by atoms with Gasteiger partial charge in [-0.1, -0.05) is 15.9 Å². The molecule has 0 saturated heterocycles. The zero-order valence-corrected chi connectivity index (χ0v) is 12.8. The number of nitrogens with zero attached hydrogens (tertiary/aromatic N) is 1. The highest BCUT2D eigenvalue weighted by Gasteiger charge is 2.12. The molecule has 19 heavy (non-hydrogen) atoms. The molecule has 0 spiro atoms. The molecule has 2 nitrogen and oxygen atoms in total. The van der Waals surface area contributed by atoms with Gasteiger partial charge in [0, 0.05) is 27.8 Å². The van der Waals surface area contributed by atoms with Crippen molar-refractivity contribution in [2.24, 2.45) is 0 Å². The molecule has 100 valence electrons. The van der Waals surface area contributed by atoms with Crippen LogP contribution in [0.1, 0.15) is 11.1 Å². The maximum Gasteiger partial charge on any atom is 0.191 e. The Morgan fingerprint density at radius 3 is 2.32 bits per heavy atom. The van der Waals surface area contributed by atoms with Crippen molar-refractivity contribution in [2.45, 2.75) is 11.9 Å². The van der Waals surface area contributed by atoms with Gasteiger partial charge in [-0.3, -0.25) is 4.98 Å². The Bertz CT molecular complexity index is 570. The standard InChI is InChI=1S/C13H9Br2F2NO/c14-4-8-2-11(16)13(12(17)3-8)19-7-9-1-10(15)6-18-5-9/h1-3,5-6H,4,7H2. The average molecular weight is 393 g/mol. The first kappa shape index (κ1) is 14.4. The van der Waals surface area contributed by atoms with Crippen molar-refractivity contribution in [3.63, 3.8) is 0 Å². The highest BCUT2D eigenvalue weighted by Crippen LogP contribution is 2.25. The van der Waals surface area contributed by atoms with E-state index in [2.05, 4.69) is 36.8 Å². The van der Waals surface area contributed by atoms with Crippen molar-refractivity contribution in [1.82, 2.24) is 4.98 Å². The Balaban J connectivity index is 2.16. The van der Waals surface area contributed by atoms with Gasteiger partial charge in [0.15, 0.2) is 17.4 Å². The molecule has 0 N–H and O–H groups in total. The van der Waals surface area contributed by atoms with E-state index in [-0.39, 0.29) is 12.4 Å². The third-order valence-electron chi connectivity index (χ3n) is 2.36.